The van der Waals surface area contributed by atoms with Crippen LogP contribution in [0.3, 0.4) is 0 Å². The summed E-state index contributed by atoms with van der Waals surface area (Å²) < 4.78 is 14.4. The summed E-state index contributed by atoms with van der Waals surface area (Å²) in [6.45, 7) is 2.94. The van der Waals surface area contributed by atoms with E-state index in [2.05, 4.69) is 62.0 Å². The zero-order chi connectivity index (χ0) is 23.7. The number of rotatable bonds is 7. The summed E-state index contributed by atoms with van der Waals surface area (Å²) in [5.74, 6) is 1.74. The lowest BCUT2D eigenvalue weighted by Crippen LogP contribution is -2.33. The normalized spacial score (nSPS) is 18.7. The zero-order valence-corrected chi connectivity index (χ0v) is 22.7. The van der Waals surface area contributed by atoms with E-state index in [0.717, 1.165) is 67.3 Å². The van der Waals surface area contributed by atoms with Crippen molar-refractivity contribution in [2.45, 2.75) is 44.9 Å². The number of hydrogen-bond donors (Lipinski definition) is 0. The largest absolute Gasteiger partial charge is 0.494 e. The maximum absolute atomic E-state index is 6.56. The van der Waals surface area contributed by atoms with Crippen molar-refractivity contribution in [2.75, 3.05) is 6.61 Å². The molecule has 0 spiro atoms. The van der Waals surface area contributed by atoms with E-state index in [0.29, 0.717) is 0 Å². The highest BCUT2D eigenvalue weighted by Crippen LogP contribution is 2.51. The fourth-order valence-electron chi connectivity index (χ4n) is 4.42. The van der Waals surface area contributed by atoms with Crippen LogP contribution in [0.25, 0.3) is 0 Å². The SMILES string of the molecule is CCCCCOc1ccc([C@@H]2Oc3c(Br)cc(Br)cc3[C@@H]3CC(c4ccc(Cl)cc4)=NN32)cc1. The number of nitrogens with zero attached hydrogens (tertiary/aromatic N) is 2. The Balaban J connectivity index is 1.47. The van der Waals surface area contributed by atoms with Crippen LogP contribution in [0, 0.1) is 0 Å². The topological polar surface area (TPSA) is 34.1 Å². The molecular weight excluding hydrogens is 580 g/mol. The molecule has 2 aliphatic rings. The molecule has 0 amide bonds. The van der Waals surface area contributed by atoms with Gasteiger partial charge in [0.1, 0.15) is 11.5 Å². The predicted molar refractivity (Wildman–Crippen MR) is 144 cm³/mol. The number of ether oxygens (including phenoxy) is 2. The summed E-state index contributed by atoms with van der Waals surface area (Å²) >= 11 is 13.5. The Bertz CT molecular complexity index is 1200. The van der Waals surface area contributed by atoms with Crippen molar-refractivity contribution in [2.24, 2.45) is 5.10 Å². The molecule has 0 aromatic heterocycles. The Morgan fingerprint density at radius 2 is 1.82 bits per heavy atom. The van der Waals surface area contributed by atoms with Crippen molar-refractivity contribution < 1.29 is 9.47 Å². The second-order valence-electron chi connectivity index (χ2n) is 8.55. The first-order valence-electron chi connectivity index (χ1n) is 11.5. The van der Waals surface area contributed by atoms with Crippen LogP contribution in [-0.2, 0) is 0 Å². The van der Waals surface area contributed by atoms with Gasteiger partial charge in [0.05, 0.1) is 22.8 Å². The van der Waals surface area contributed by atoms with Gasteiger partial charge in [0.15, 0.2) is 0 Å². The van der Waals surface area contributed by atoms with Crippen LogP contribution in [-0.4, -0.2) is 17.3 Å². The Morgan fingerprint density at radius 3 is 2.56 bits per heavy atom. The summed E-state index contributed by atoms with van der Waals surface area (Å²) in [6.07, 6.45) is 3.89. The van der Waals surface area contributed by atoms with E-state index in [1.165, 1.54) is 12.8 Å². The van der Waals surface area contributed by atoms with E-state index >= 15 is 0 Å². The molecule has 34 heavy (non-hydrogen) atoms. The quantitative estimate of drug-likeness (QED) is 0.253. The van der Waals surface area contributed by atoms with Crippen LogP contribution in [0.5, 0.6) is 11.5 Å². The van der Waals surface area contributed by atoms with Gasteiger partial charge in [0, 0.05) is 27.0 Å². The summed E-state index contributed by atoms with van der Waals surface area (Å²) in [4.78, 5) is 0. The van der Waals surface area contributed by atoms with Gasteiger partial charge < -0.3 is 9.47 Å². The standard InChI is InChI=1S/C27H25Br2ClN2O2/c1-2-3-4-13-33-21-11-7-18(8-12-21)27-32-25(22-14-19(28)15-23(29)26(22)34-27)16-24(31-32)17-5-9-20(30)10-6-17/h5-12,14-15,25,27H,2-4,13,16H2,1H3/t25-,27-/m0/s1. The monoisotopic (exact) mass is 602 g/mol. The average Bonchev–Trinajstić information content (AvgIpc) is 3.28. The molecule has 176 valence electrons. The molecule has 0 fully saturated rings. The Kier molecular flexibility index (Phi) is 7.19. The third kappa shape index (κ3) is 4.86. The highest BCUT2D eigenvalue weighted by molar-refractivity contribution is 9.11. The fourth-order valence-corrected chi connectivity index (χ4v) is 5.90. The van der Waals surface area contributed by atoms with Gasteiger partial charge in [-0.2, -0.15) is 5.10 Å². The highest BCUT2D eigenvalue weighted by Gasteiger charge is 2.42. The van der Waals surface area contributed by atoms with Gasteiger partial charge in [-0.05, 0) is 76.4 Å². The van der Waals surface area contributed by atoms with Crippen molar-refractivity contribution in [1.82, 2.24) is 5.01 Å². The van der Waals surface area contributed by atoms with Gasteiger partial charge in [-0.1, -0.05) is 59.4 Å². The summed E-state index contributed by atoms with van der Waals surface area (Å²) in [5.41, 5.74) is 4.24. The van der Waals surface area contributed by atoms with Crippen molar-refractivity contribution >= 4 is 49.2 Å². The summed E-state index contributed by atoms with van der Waals surface area (Å²) in [7, 11) is 0. The van der Waals surface area contributed by atoms with Crippen LogP contribution in [0.2, 0.25) is 5.02 Å². The minimum Gasteiger partial charge on any atom is -0.494 e. The molecule has 2 atom stereocenters. The first-order chi connectivity index (χ1) is 16.5. The van der Waals surface area contributed by atoms with Crippen LogP contribution >= 0.6 is 43.5 Å². The lowest BCUT2D eigenvalue weighted by atomic mass is 9.96. The minimum absolute atomic E-state index is 0.0678. The zero-order valence-electron chi connectivity index (χ0n) is 18.8. The maximum Gasteiger partial charge on any atom is 0.213 e. The molecule has 0 bridgehead atoms. The van der Waals surface area contributed by atoms with Crippen molar-refractivity contribution in [1.29, 1.82) is 0 Å². The third-order valence-electron chi connectivity index (χ3n) is 6.17. The van der Waals surface area contributed by atoms with E-state index in [1.807, 2.05) is 42.5 Å². The summed E-state index contributed by atoms with van der Waals surface area (Å²) in [6, 6.07) is 20.3. The van der Waals surface area contributed by atoms with E-state index in [-0.39, 0.29) is 12.3 Å². The predicted octanol–water partition coefficient (Wildman–Crippen LogP) is 8.68. The van der Waals surface area contributed by atoms with E-state index in [9.17, 15) is 0 Å². The molecular formula is C27H25Br2ClN2O2. The number of fused-ring (bicyclic) bond motifs is 3. The number of hydrazone groups is 1. The van der Waals surface area contributed by atoms with E-state index in [1.54, 1.807) is 0 Å². The third-order valence-corrected chi connectivity index (χ3v) is 7.47. The van der Waals surface area contributed by atoms with Crippen molar-refractivity contribution in [3.63, 3.8) is 0 Å². The first kappa shape index (κ1) is 23.7. The minimum atomic E-state index is -0.339. The first-order valence-corrected chi connectivity index (χ1v) is 13.5. The van der Waals surface area contributed by atoms with Gasteiger partial charge in [-0.3, -0.25) is 0 Å². The number of benzene rings is 3. The Morgan fingerprint density at radius 1 is 1.06 bits per heavy atom. The van der Waals surface area contributed by atoms with Gasteiger partial charge >= 0.3 is 0 Å². The maximum atomic E-state index is 6.56. The molecule has 2 heterocycles. The second kappa shape index (κ2) is 10.3. The van der Waals surface area contributed by atoms with Crippen molar-refractivity contribution in [3.8, 4) is 11.5 Å². The van der Waals surface area contributed by atoms with Gasteiger partial charge in [0.25, 0.3) is 0 Å². The van der Waals surface area contributed by atoms with Crippen LogP contribution in [0.4, 0.5) is 0 Å². The summed E-state index contributed by atoms with van der Waals surface area (Å²) in [5, 5.41) is 7.84. The molecule has 5 rings (SSSR count). The number of unbranched alkanes of at least 4 members (excludes halogenated alkanes) is 2. The van der Waals surface area contributed by atoms with Crippen LogP contribution in [0.15, 0.2) is 74.7 Å². The van der Waals surface area contributed by atoms with Crippen molar-refractivity contribution in [3.05, 3.63) is 91.3 Å². The van der Waals surface area contributed by atoms with Gasteiger partial charge in [-0.15, -0.1) is 0 Å². The molecule has 4 nitrogen and oxygen atoms in total. The molecule has 0 unspecified atom stereocenters. The smallest absolute Gasteiger partial charge is 0.213 e. The van der Waals surface area contributed by atoms with E-state index < -0.39 is 0 Å². The van der Waals surface area contributed by atoms with Gasteiger partial charge in [0.2, 0.25) is 6.23 Å². The average molecular weight is 605 g/mol. The number of hydrogen-bond acceptors (Lipinski definition) is 4. The van der Waals surface area contributed by atoms with Crippen LogP contribution < -0.4 is 9.47 Å². The molecule has 0 saturated carbocycles. The molecule has 0 aliphatic carbocycles. The molecule has 0 radical (unpaired) electrons. The second-order valence-corrected chi connectivity index (χ2v) is 10.8. The fraction of sp³-hybridized carbons (Fsp3) is 0.296. The van der Waals surface area contributed by atoms with Gasteiger partial charge in [-0.25, -0.2) is 5.01 Å². The Labute approximate surface area is 222 Å². The van der Waals surface area contributed by atoms with E-state index in [4.69, 9.17) is 26.2 Å². The molecule has 3 aromatic carbocycles. The lowest BCUT2D eigenvalue weighted by molar-refractivity contribution is -0.0197. The van der Waals surface area contributed by atoms with Crippen LogP contribution in [0.1, 0.15) is 61.6 Å². The highest BCUT2D eigenvalue weighted by atomic mass is 79.9. The Hall–Kier alpha value is -2.02. The molecule has 2 aliphatic heterocycles. The molecule has 0 N–H and O–H groups in total. The number of halogens is 3. The lowest BCUT2D eigenvalue weighted by Gasteiger charge is -2.38. The molecule has 3 aromatic rings. The molecule has 0 saturated heterocycles. The molecule has 7 heteroatoms.